The van der Waals surface area contributed by atoms with Crippen LogP contribution in [0, 0.1) is 33.1 Å². The van der Waals surface area contributed by atoms with Gasteiger partial charge < -0.3 is 4.57 Å². The van der Waals surface area contributed by atoms with Gasteiger partial charge >= 0.3 is 0 Å². The van der Waals surface area contributed by atoms with E-state index in [4.69, 9.17) is 23.0 Å². The Hall–Kier alpha value is -2.24. The lowest BCUT2D eigenvalue weighted by atomic mass is 10.00. The zero-order valence-corrected chi connectivity index (χ0v) is 13.7. The maximum Gasteiger partial charge on any atom is 0.142 e. The van der Waals surface area contributed by atoms with Crippen LogP contribution in [0.25, 0.3) is 22.2 Å². The Labute approximate surface area is 135 Å². The van der Waals surface area contributed by atoms with Crippen LogP contribution in [-0.2, 0) is 6.54 Å². The highest BCUT2D eigenvalue weighted by Crippen LogP contribution is 2.34. The van der Waals surface area contributed by atoms with Crippen LogP contribution in [0.2, 0.25) is 5.02 Å². The van der Waals surface area contributed by atoms with Crippen LogP contribution in [0.4, 0.5) is 0 Å². The zero-order chi connectivity index (χ0) is 15.9. The Morgan fingerprint density at radius 2 is 1.86 bits per heavy atom. The minimum absolute atomic E-state index is 0.534. The number of pyridine rings is 1. The zero-order valence-electron chi connectivity index (χ0n) is 12.9. The topological polar surface area (TPSA) is 17.8 Å². The van der Waals surface area contributed by atoms with Crippen molar-refractivity contribution in [2.45, 2.75) is 27.3 Å². The lowest BCUT2D eigenvalue weighted by molar-refractivity contribution is 0.828. The van der Waals surface area contributed by atoms with E-state index in [1.54, 1.807) is 0 Å². The summed E-state index contributed by atoms with van der Waals surface area (Å²) in [7, 11) is 0. The summed E-state index contributed by atoms with van der Waals surface area (Å²) in [5.41, 5.74) is 6.64. The molecule has 0 aliphatic rings. The van der Waals surface area contributed by atoms with Crippen molar-refractivity contribution >= 4 is 22.6 Å². The van der Waals surface area contributed by atoms with Crippen molar-refractivity contribution in [3.63, 3.8) is 0 Å². The van der Waals surface area contributed by atoms with E-state index in [9.17, 15) is 0 Å². The summed E-state index contributed by atoms with van der Waals surface area (Å²) >= 11 is 6.01. The molecule has 3 rings (SSSR count). The molecule has 0 saturated heterocycles. The fourth-order valence-corrected chi connectivity index (χ4v) is 3.03. The van der Waals surface area contributed by atoms with Crippen molar-refractivity contribution in [1.29, 1.82) is 0 Å². The van der Waals surface area contributed by atoms with E-state index in [0.29, 0.717) is 6.54 Å². The summed E-state index contributed by atoms with van der Waals surface area (Å²) in [5.74, 6) is 2.72. The van der Waals surface area contributed by atoms with Gasteiger partial charge in [0.05, 0.1) is 6.54 Å². The van der Waals surface area contributed by atoms with E-state index in [1.807, 2.05) is 31.2 Å². The molecule has 3 aromatic rings. The van der Waals surface area contributed by atoms with Crippen LogP contribution < -0.4 is 0 Å². The number of halogens is 1. The number of fused-ring (bicyclic) bond motifs is 1. The summed E-state index contributed by atoms with van der Waals surface area (Å²) in [5, 5.41) is 1.91. The van der Waals surface area contributed by atoms with Crippen LogP contribution in [0.15, 0.2) is 30.3 Å². The standard InChI is InChI=1S/C19H17ClN2/c1-5-10-22-14(4)13(3)18-17(11-12(2)21-19(18)22)15-6-8-16(20)9-7-15/h1,6-9,11H,10H2,2-4H3. The highest BCUT2D eigenvalue weighted by Gasteiger charge is 2.16. The second-order valence-electron chi connectivity index (χ2n) is 5.52. The molecule has 0 aliphatic heterocycles. The number of hydrogen-bond acceptors (Lipinski definition) is 1. The molecule has 0 radical (unpaired) electrons. The van der Waals surface area contributed by atoms with E-state index in [0.717, 1.165) is 21.9 Å². The fourth-order valence-electron chi connectivity index (χ4n) is 2.91. The molecule has 0 amide bonds. The van der Waals surface area contributed by atoms with Crippen molar-refractivity contribution < 1.29 is 0 Å². The smallest absolute Gasteiger partial charge is 0.142 e. The minimum atomic E-state index is 0.534. The third-order valence-corrected chi connectivity index (χ3v) is 4.36. The Kier molecular flexibility index (Phi) is 3.68. The van der Waals surface area contributed by atoms with Crippen LogP contribution in [0.3, 0.4) is 0 Å². The van der Waals surface area contributed by atoms with Gasteiger partial charge in [-0.05, 0) is 55.7 Å². The lowest BCUT2D eigenvalue weighted by Crippen LogP contribution is -2.00. The number of terminal acetylenes is 1. The molecule has 2 heterocycles. The molecule has 2 aromatic heterocycles. The Morgan fingerprint density at radius 1 is 1.18 bits per heavy atom. The molecule has 2 nitrogen and oxygen atoms in total. The molecule has 1 aromatic carbocycles. The third-order valence-electron chi connectivity index (χ3n) is 4.11. The van der Waals surface area contributed by atoms with Crippen molar-refractivity contribution in [3.05, 3.63) is 52.3 Å². The highest BCUT2D eigenvalue weighted by atomic mass is 35.5. The first kappa shape index (κ1) is 14.7. The van der Waals surface area contributed by atoms with Crippen molar-refractivity contribution in [2.24, 2.45) is 0 Å². The van der Waals surface area contributed by atoms with E-state index in [1.165, 1.54) is 22.2 Å². The van der Waals surface area contributed by atoms with Gasteiger partial charge in [0.2, 0.25) is 0 Å². The van der Waals surface area contributed by atoms with E-state index in [2.05, 4.69) is 30.4 Å². The molecule has 0 N–H and O–H groups in total. The molecule has 0 fully saturated rings. The number of aryl methyl sites for hydroxylation is 2. The van der Waals surface area contributed by atoms with E-state index >= 15 is 0 Å². The average Bonchev–Trinajstić information content (AvgIpc) is 2.73. The monoisotopic (exact) mass is 308 g/mol. The number of hydrogen-bond donors (Lipinski definition) is 0. The first-order valence-electron chi connectivity index (χ1n) is 7.19. The van der Waals surface area contributed by atoms with Gasteiger partial charge in [0, 0.05) is 21.8 Å². The molecule has 0 saturated carbocycles. The maximum atomic E-state index is 6.01. The summed E-state index contributed by atoms with van der Waals surface area (Å²) in [4.78, 5) is 4.72. The number of rotatable bonds is 2. The summed E-state index contributed by atoms with van der Waals surface area (Å²) in [6.45, 7) is 6.76. The van der Waals surface area contributed by atoms with Gasteiger partial charge in [-0.25, -0.2) is 4.98 Å². The number of benzene rings is 1. The maximum absolute atomic E-state index is 6.01. The van der Waals surface area contributed by atoms with Crippen molar-refractivity contribution in [3.8, 4) is 23.5 Å². The van der Waals surface area contributed by atoms with Gasteiger partial charge in [-0.15, -0.1) is 6.42 Å². The third kappa shape index (κ3) is 2.28. The lowest BCUT2D eigenvalue weighted by Gasteiger charge is -2.08. The molecule has 0 aliphatic carbocycles. The van der Waals surface area contributed by atoms with Crippen molar-refractivity contribution in [2.75, 3.05) is 0 Å². The van der Waals surface area contributed by atoms with Gasteiger partial charge in [-0.3, -0.25) is 0 Å². The van der Waals surface area contributed by atoms with Crippen LogP contribution >= 0.6 is 11.6 Å². The Morgan fingerprint density at radius 3 is 2.50 bits per heavy atom. The minimum Gasteiger partial charge on any atom is -0.318 e. The van der Waals surface area contributed by atoms with Gasteiger partial charge in [0.15, 0.2) is 0 Å². The van der Waals surface area contributed by atoms with E-state index in [-0.39, 0.29) is 0 Å². The van der Waals surface area contributed by atoms with Crippen LogP contribution in [0.5, 0.6) is 0 Å². The molecule has 0 bridgehead atoms. The van der Waals surface area contributed by atoms with Gasteiger partial charge in [0.1, 0.15) is 5.65 Å². The Bertz CT molecular complexity index is 896. The van der Waals surface area contributed by atoms with Crippen LogP contribution in [0.1, 0.15) is 17.0 Å². The summed E-state index contributed by atoms with van der Waals surface area (Å²) in [6, 6.07) is 10.0. The molecule has 3 heteroatoms. The Balaban J connectivity index is 2.38. The van der Waals surface area contributed by atoms with Crippen LogP contribution in [-0.4, -0.2) is 9.55 Å². The molecule has 0 atom stereocenters. The predicted molar refractivity (Wildman–Crippen MR) is 93.2 cm³/mol. The molecule has 22 heavy (non-hydrogen) atoms. The first-order valence-corrected chi connectivity index (χ1v) is 7.57. The largest absolute Gasteiger partial charge is 0.318 e. The molecular weight excluding hydrogens is 292 g/mol. The normalized spacial score (nSPS) is 10.9. The number of nitrogens with zero attached hydrogens (tertiary/aromatic N) is 2. The predicted octanol–water partition coefficient (Wildman–Crippen LogP) is 4.92. The highest BCUT2D eigenvalue weighted by molar-refractivity contribution is 6.30. The molecule has 110 valence electrons. The second kappa shape index (κ2) is 5.51. The molecule has 0 unspecified atom stereocenters. The van der Waals surface area contributed by atoms with Gasteiger partial charge in [0.25, 0.3) is 0 Å². The SMILES string of the molecule is C#CCn1c(C)c(C)c2c(-c3ccc(Cl)cc3)cc(C)nc21. The summed E-state index contributed by atoms with van der Waals surface area (Å²) in [6.07, 6.45) is 5.52. The van der Waals surface area contributed by atoms with Gasteiger partial charge in [-0.1, -0.05) is 29.7 Å². The molecule has 0 spiro atoms. The average molecular weight is 309 g/mol. The number of aromatic nitrogens is 2. The molecular formula is C19H17ClN2. The first-order chi connectivity index (χ1) is 10.5. The second-order valence-corrected chi connectivity index (χ2v) is 5.95. The summed E-state index contributed by atoms with van der Waals surface area (Å²) < 4.78 is 2.11. The van der Waals surface area contributed by atoms with Crippen molar-refractivity contribution in [1.82, 2.24) is 9.55 Å². The van der Waals surface area contributed by atoms with Gasteiger partial charge in [-0.2, -0.15) is 0 Å². The van der Waals surface area contributed by atoms with E-state index < -0.39 is 0 Å². The fraction of sp³-hybridized carbons (Fsp3) is 0.211. The quantitative estimate of drug-likeness (QED) is 0.615.